The second kappa shape index (κ2) is 10.8. The van der Waals surface area contributed by atoms with Crippen LogP contribution >= 0.6 is 0 Å². The van der Waals surface area contributed by atoms with Crippen molar-refractivity contribution in [1.29, 1.82) is 0 Å². The van der Waals surface area contributed by atoms with Gasteiger partial charge in [0.1, 0.15) is 0 Å². The Balaban J connectivity index is 3.18. The van der Waals surface area contributed by atoms with Gasteiger partial charge in [-0.1, -0.05) is 44.2 Å². The number of hydrogen-bond donors (Lipinski definition) is 0. The molecule has 1 aromatic carbocycles. The summed E-state index contributed by atoms with van der Waals surface area (Å²) < 4.78 is 9.99. The summed E-state index contributed by atoms with van der Waals surface area (Å²) in [6.45, 7) is 9.20. The van der Waals surface area contributed by atoms with Crippen molar-refractivity contribution in [3.63, 3.8) is 0 Å². The average molecular weight is 376 g/mol. The van der Waals surface area contributed by atoms with Gasteiger partial charge in [0, 0.05) is 19.0 Å². The summed E-state index contributed by atoms with van der Waals surface area (Å²) in [7, 11) is 2.75. The molecule has 0 aliphatic rings. The van der Waals surface area contributed by atoms with Gasteiger partial charge < -0.3 is 14.4 Å². The summed E-state index contributed by atoms with van der Waals surface area (Å²) >= 11 is 0. The SMILES string of the molecule is CCN(CC)C(=O)C(CCc1ccccc1)C(C)(C)/C=C(/OC)C(=O)OC. The summed E-state index contributed by atoms with van der Waals surface area (Å²) in [6, 6.07) is 10.1. The van der Waals surface area contributed by atoms with Gasteiger partial charge in [0.25, 0.3) is 0 Å². The lowest BCUT2D eigenvalue weighted by Gasteiger charge is -2.35. The van der Waals surface area contributed by atoms with E-state index in [1.54, 1.807) is 6.08 Å². The van der Waals surface area contributed by atoms with Crippen molar-refractivity contribution in [2.45, 2.75) is 40.5 Å². The van der Waals surface area contributed by atoms with E-state index >= 15 is 0 Å². The zero-order valence-corrected chi connectivity index (χ0v) is 17.5. The second-order valence-electron chi connectivity index (χ2n) is 7.11. The van der Waals surface area contributed by atoms with Crippen molar-refractivity contribution in [1.82, 2.24) is 4.90 Å². The average Bonchev–Trinajstić information content (AvgIpc) is 2.67. The maximum atomic E-state index is 13.2. The van der Waals surface area contributed by atoms with Gasteiger partial charge in [0.15, 0.2) is 0 Å². The van der Waals surface area contributed by atoms with E-state index in [0.29, 0.717) is 19.5 Å². The molecule has 5 heteroatoms. The van der Waals surface area contributed by atoms with Crippen LogP contribution in [-0.2, 0) is 25.5 Å². The van der Waals surface area contributed by atoms with Gasteiger partial charge in [-0.3, -0.25) is 4.79 Å². The van der Waals surface area contributed by atoms with Crippen LogP contribution in [0.25, 0.3) is 0 Å². The molecule has 1 amide bonds. The first-order valence-corrected chi connectivity index (χ1v) is 9.48. The highest BCUT2D eigenvalue weighted by Crippen LogP contribution is 2.35. The Labute approximate surface area is 163 Å². The number of carbonyl (C=O) groups is 2. The number of amides is 1. The van der Waals surface area contributed by atoms with Crippen molar-refractivity contribution in [3.8, 4) is 0 Å². The summed E-state index contributed by atoms with van der Waals surface area (Å²) in [5, 5.41) is 0. The number of aryl methyl sites for hydroxylation is 1. The first-order valence-electron chi connectivity index (χ1n) is 9.48. The van der Waals surface area contributed by atoms with Crippen molar-refractivity contribution >= 4 is 11.9 Å². The molecule has 27 heavy (non-hydrogen) atoms. The molecule has 0 aliphatic heterocycles. The zero-order valence-electron chi connectivity index (χ0n) is 17.5. The minimum atomic E-state index is -0.575. The first-order chi connectivity index (χ1) is 12.8. The molecule has 0 fully saturated rings. The van der Waals surface area contributed by atoms with Crippen molar-refractivity contribution < 1.29 is 19.1 Å². The fourth-order valence-corrected chi connectivity index (χ4v) is 3.27. The molecule has 5 nitrogen and oxygen atoms in total. The summed E-state index contributed by atoms with van der Waals surface area (Å²) in [4.78, 5) is 27.0. The summed E-state index contributed by atoms with van der Waals surface area (Å²) in [6.07, 6.45) is 3.19. The summed E-state index contributed by atoms with van der Waals surface area (Å²) in [5.41, 5.74) is 0.614. The predicted octanol–water partition coefficient (Wildman–Crippen LogP) is 3.83. The number of rotatable bonds is 10. The molecule has 0 aliphatic carbocycles. The molecule has 0 saturated carbocycles. The topological polar surface area (TPSA) is 55.8 Å². The van der Waals surface area contributed by atoms with E-state index in [1.165, 1.54) is 19.8 Å². The molecule has 0 spiro atoms. The molecular weight excluding hydrogens is 342 g/mol. The number of hydrogen-bond acceptors (Lipinski definition) is 4. The van der Waals surface area contributed by atoms with Crippen LogP contribution in [0.3, 0.4) is 0 Å². The van der Waals surface area contributed by atoms with Gasteiger partial charge >= 0.3 is 5.97 Å². The number of methoxy groups -OCH3 is 2. The molecule has 0 saturated heterocycles. The highest BCUT2D eigenvalue weighted by Gasteiger charge is 2.36. The van der Waals surface area contributed by atoms with Crippen LogP contribution in [0.1, 0.15) is 39.7 Å². The van der Waals surface area contributed by atoms with Gasteiger partial charge in [0.2, 0.25) is 11.7 Å². The molecule has 0 aromatic heterocycles. The highest BCUT2D eigenvalue weighted by molar-refractivity contribution is 5.86. The Morgan fingerprint density at radius 1 is 1.07 bits per heavy atom. The monoisotopic (exact) mass is 375 g/mol. The lowest BCUT2D eigenvalue weighted by atomic mass is 9.74. The molecule has 0 N–H and O–H groups in total. The van der Waals surface area contributed by atoms with Crippen molar-refractivity contribution in [2.75, 3.05) is 27.3 Å². The Morgan fingerprint density at radius 3 is 2.15 bits per heavy atom. The highest BCUT2D eigenvalue weighted by atomic mass is 16.6. The predicted molar refractivity (Wildman–Crippen MR) is 107 cm³/mol. The first kappa shape index (κ1) is 22.7. The Kier molecular flexibility index (Phi) is 9.06. The van der Waals surface area contributed by atoms with Crippen molar-refractivity contribution in [3.05, 3.63) is 47.7 Å². The van der Waals surface area contributed by atoms with Crippen LogP contribution < -0.4 is 0 Å². The number of carbonyl (C=O) groups excluding carboxylic acids is 2. The third-order valence-electron chi connectivity index (χ3n) is 4.95. The third-order valence-corrected chi connectivity index (χ3v) is 4.95. The maximum Gasteiger partial charge on any atom is 0.372 e. The number of benzene rings is 1. The molecule has 150 valence electrons. The largest absolute Gasteiger partial charge is 0.490 e. The fourth-order valence-electron chi connectivity index (χ4n) is 3.27. The molecule has 1 unspecified atom stereocenters. The molecule has 0 heterocycles. The maximum absolute atomic E-state index is 13.2. The van der Waals surface area contributed by atoms with Gasteiger partial charge in [-0.2, -0.15) is 0 Å². The smallest absolute Gasteiger partial charge is 0.372 e. The second-order valence-corrected chi connectivity index (χ2v) is 7.11. The van der Waals surface area contributed by atoms with E-state index in [2.05, 4.69) is 12.1 Å². The van der Waals surface area contributed by atoms with Crippen molar-refractivity contribution in [2.24, 2.45) is 11.3 Å². The number of esters is 1. The van der Waals surface area contributed by atoms with Gasteiger partial charge in [-0.15, -0.1) is 0 Å². The van der Waals surface area contributed by atoms with Gasteiger partial charge in [-0.25, -0.2) is 4.79 Å². The molecular formula is C22H33NO4. The fraction of sp³-hybridized carbons (Fsp3) is 0.545. The van der Waals surface area contributed by atoms with Crippen LogP contribution in [0.4, 0.5) is 0 Å². The molecule has 1 rings (SSSR count). The lowest BCUT2D eigenvalue weighted by Crippen LogP contribution is -2.42. The van der Waals surface area contributed by atoms with Crippen LogP contribution in [0.5, 0.6) is 0 Å². The van der Waals surface area contributed by atoms with Gasteiger partial charge in [0.05, 0.1) is 14.2 Å². The van der Waals surface area contributed by atoms with Gasteiger partial charge in [-0.05, 0) is 43.7 Å². The van der Waals surface area contributed by atoms with E-state index in [0.717, 1.165) is 6.42 Å². The number of allylic oxidation sites excluding steroid dienone is 1. The van der Waals surface area contributed by atoms with E-state index in [9.17, 15) is 9.59 Å². The Hall–Kier alpha value is -2.30. The van der Waals surface area contributed by atoms with E-state index < -0.39 is 11.4 Å². The minimum Gasteiger partial charge on any atom is -0.490 e. The summed E-state index contributed by atoms with van der Waals surface area (Å²) in [5.74, 6) is -0.604. The number of nitrogens with zero attached hydrogens (tertiary/aromatic N) is 1. The van der Waals surface area contributed by atoms with E-state index in [4.69, 9.17) is 9.47 Å². The van der Waals surface area contributed by atoms with E-state index in [1.807, 2.05) is 50.8 Å². The zero-order chi connectivity index (χ0) is 20.4. The molecule has 1 atom stereocenters. The Morgan fingerprint density at radius 2 is 1.67 bits per heavy atom. The molecule has 1 aromatic rings. The quantitative estimate of drug-likeness (QED) is 0.354. The van der Waals surface area contributed by atoms with Crippen LogP contribution in [0.15, 0.2) is 42.2 Å². The normalized spacial score (nSPS) is 13.0. The third kappa shape index (κ3) is 6.42. The van der Waals surface area contributed by atoms with E-state index in [-0.39, 0.29) is 17.6 Å². The lowest BCUT2D eigenvalue weighted by molar-refractivity contribution is -0.141. The number of ether oxygens (including phenoxy) is 2. The molecule has 0 bridgehead atoms. The van der Waals surface area contributed by atoms with Crippen LogP contribution in [0, 0.1) is 11.3 Å². The van der Waals surface area contributed by atoms with Crippen LogP contribution in [-0.4, -0.2) is 44.1 Å². The molecule has 0 radical (unpaired) electrons. The van der Waals surface area contributed by atoms with Crippen LogP contribution in [0.2, 0.25) is 0 Å². The standard InChI is InChI=1S/C22H33NO4/c1-7-23(8-2)20(24)18(15-14-17-12-10-9-11-13-17)22(3,4)16-19(26-5)21(25)27-6/h9-13,16,18H,7-8,14-15H2,1-6H3/b19-16+. The minimum absolute atomic E-state index is 0.0949. The Bertz CT molecular complexity index is 633.